The van der Waals surface area contributed by atoms with Crippen LogP contribution in [0.3, 0.4) is 0 Å². The van der Waals surface area contributed by atoms with Crippen molar-refractivity contribution in [3.8, 4) is 5.75 Å². The highest BCUT2D eigenvalue weighted by atomic mass is 16.5. The highest BCUT2D eigenvalue weighted by molar-refractivity contribution is 5.94. The Morgan fingerprint density at radius 2 is 2.24 bits per heavy atom. The molecule has 114 valence electrons. The number of Topliss-reactive ketones (excluding diaryl/α,β-unsaturated/α-hetero) is 1. The van der Waals surface area contributed by atoms with Crippen LogP contribution in [-0.4, -0.2) is 49.4 Å². The number of carbonyl (C=O) groups excluding carboxylic acids is 2. The molecule has 1 saturated heterocycles. The van der Waals surface area contributed by atoms with Gasteiger partial charge in [0.2, 0.25) is 0 Å². The molecule has 0 radical (unpaired) electrons. The van der Waals surface area contributed by atoms with E-state index in [1.54, 1.807) is 24.3 Å². The van der Waals surface area contributed by atoms with Crippen LogP contribution < -0.4 is 10.1 Å². The number of benzene rings is 1. The maximum Gasteiger partial charge on any atom is 0.260 e. The van der Waals surface area contributed by atoms with E-state index in [4.69, 9.17) is 4.74 Å². The molecule has 0 aliphatic carbocycles. The van der Waals surface area contributed by atoms with Gasteiger partial charge >= 0.3 is 0 Å². The summed E-state index contributed by atoms with van der Waals surface area (Å²) >= 11 is 0. The van der Waals surface area contributed by atoms with Gasteiger partial charge in [0, 0.05) is 24.7 Å². The molecule has 1 aliphatic heterocycles. The summed E-state index contributed by atoms with van der Waals surface area (Å²) in [5.74, 6) is 0.543. The number of ether oxygens (including phenoxy) is 1. The molecule has 0 bridgehead atoms. The lowest BCUT2D eigenvalue weighted by atomic mass is 10.1. The number of amides is 1. The Morgan fingerprint density at radius 3 is 2.95 bits per heavy atom. The maximum absolute atomic E-state index is 12.2. The van der Waals surface area contributed by atoms with Crippen molar-refractivity contribution in [1.82, 2.24) is 10.2 Å². The van der Waals surface area contributed by atoms with Gasteiger partial charge in [-0.15, -0.1) is 0 Å². The van der Waals surface area contributed by atoms with Crippen molar-refractivity contribution in [3.63, 3.8) is 0 Å². The van der Waals surface area contributed by atoms with Crippen LogP contribution in [0.5, 0.6) is 5.75 Å². The zero-order valence-corrected chi connectivity index (χ0v) is 12.6. The minimum atomic E-state index is -0.0135. The van der Waals surface area contributed by atoms with E-state index in [1.807, 2.05) is 11.9 Å². The molecule has 1 heterocycles. The Bertz CT molecular complexity index is 516. The van der Waals surface area contributed by atoms with E-state index in [0.29, 0.717) is 11.3 Å². The molecule has 1 unspecified atom stereocenters. The predicted molar refractivity (Wildman–Crippen MR) is 80.6 cm³/mol. The Labute approximate surface area is 125 Å². The summed E-state index contributed by atoms with van der Waals surface area (Å²) in [6, 6.07) is 7.19. The standard InChI is InChI=1S/C16H22N2O3/c1-12(19)13-5-3-7-15(9-13)21-11-16(20)18-8-4-6-14(18)10-17-2/h3,5,7,9,14,17H,4,6,8,10-11H2,1-2H3. The third-order valence-corrected chi connectivity index (χ3v) is 3.74. The second kappa shape index (κ2) is 7.22. The normalized spacial score (nSPS) is 17.8. The average molecular weight is 290 g/mol. The summed E-state index contributed by atoms with van der Waals surface area (Å²) in [7, 11) is 1.89. The van der Waals surface area contributed by atoms with Crippen molar-refractivity contribution in [2.45, 2.75) is 25.8 Å². The molecule has 21 heavy (non-hydrogen) atoms. The molecule has 1 N–H and O–H groups in total. The van der Waals surface area contributed by atoms with Crippen LogP contribution >= 0.6 is 0 Å². The largest absolute Gasteiger partial charge is 0.484 e. The van der Waals surface area contributed by atoms with Gasteiger partial charge in [0.15, 0.2) is 12.4 Å². The number of likely N-dealkylation sites (tertiary alicyclic amines) is 1. The molecule has 1 aromatic carbocycles. The fourth-order valence-electron chi connectivity index (χ4n) is 2.64. The number of rotatable bonds is 6. The van der Waals surface area contributed by atoms with E-state index in [1.165, 1.54) is 6.92 Å². The molecule has 1 fully saturated rings. The minimum absolute atomic E-state index is 0.000906. The molecule has 0 aromatic heterocycles. The fraction of sp³-hybridized carbons (Fsp3) is 0.500. The first kappa shape index (κ1) is 15.5. The van der Waals surface area contributed by atoms with Gasteiger partial charge in [0.25, 0.3) is 5.91 Å². The van der Waals surface area contributed by atoms with Gasteiger partial charge in [-0.2, -0.15) is 0 Å². The lowest BCUT2D eigenvalue weighted by molar-refractivity contribution is -0.134. The summed E-state index contributed by atoms with van der Waals surface area (Å²) in [6.07, 6.45) is 2.07. The molecule has 0 spiro atoms. The SMILES string of the molecule is CNCC1CCCN1C(=O)COc1cccc(C(C)=O)c1. The van der Waals surface area contributed by atoms with Gasteiger partial charge in [0.1, 0.15) is 5.75 Å². The van der Waals surface area contributed by atoms with Crippen LogP contribution in [0.4, 0.5) is 0 Å². The second-order valence-corrected chi connectivity index (χ2v) is 5.31. The van der Waals surface area contributed by atoms with E-state index in [-0.39, 0.29) is 24.3 Å². The summed E-state index contributed by atoms with van der Waals surface area (Å²) in [5, 5.41) is 3.12. The number of hydrogen-bond acceptors (Lipinski definition) is 4. The third kappa shape index (κ3) is 4.04. The smallest absolute Gasteiger partial charge is 0.260 e. The molecule has 1 aliphatic rings. The average Bonchev–Trinajstić information content (AvgIpc) is 2.94. The molecule has 5 heteroatoms. The van der Waals surface area contributed by atoms with E-state index < -0.39 is 0 Å². The van der Waals surface area contributed by atoms with Crippen molar-refractivity contribution in [1.29, 1.82) is 0 Å². The highest BCUT2D eigenvalue weighted by Gasteiger charge is 2.28. The van der Waals surface area contributed by atoms with Crippen molar-refractivity contribution >= 4 is 11.7 Å². The number of carbonyl (C=O) groups is 2. The summed E-state index contributed by atoms with van der Waals surface area (Å²) < 4.78 is 5.53. The number of likely N-dealkylation sites (N-methyl/N-ethyl adjacent to an activating group) is 1. The number of nitrogens with one attached hydrogen (secondary N) is 1. The van der Waals surface area contributed by atoms with Gasteiger partial charge in [-0.25, -0.2) is 0 Å². The first-order valence-corrected chi connectivity index (χ1v) is 7.29. The topological polar surface area (TPSA) is 58.6 Å². The Morgan fingerprint density at radius 1 is 1.43 bits per heavy atom. The molecule has 5 nitrogen and oxygen atoms in total. The third-order valence-electron chi connectivity index (χ3n) is 3.74. The van der Waals surface area contributed by atoms with Crippen LogP contribution in [0, 0.1) is 0 Å². The lowest BCUT2D eigenvalue weighted by Gasteiger charge is -2.24. The summed E-state index contributed by atoms with van der Waals surface area (Å²) in [6.45, 7) is 3.13. The van der Waals surface area contributed by atoms with Crippen molar-refractivity contribution in [2.75, 3.05) is 26.7 Å². The minimum Gasteiger partial charge on any atom is -0.484 e. The van der Waals surface area contributed by atoms with Gasteiger partial charge < -0.3 is 15.0 Å². The molecule has 1 aromatic rings. The van der Waals surface area contributed by atoms with Gasteiger partial charge in [-0.05, 0) is 38.9 Å². The number of ketones is 1. The van der Waals surface area contributed by atoms with E-state index in [0.717, 1.165) is 25.9 Å². The maximum atomic E-state index is 12.2. The Hall–Kier alpha value is -1.88. The first-order chi connectivity index (χ1) is 10.1. The van der Waals surface area contributed by atoms with Crippen LogP contribution in [0.25, 0.3) is 0 Å². The van der Waals surface area contributed by atoms with E-state index in [2.05, 4.69) is 5.32 Å². The second-order valence-electron chi connectivity index (χ2n) is 5.31. The first-order valence-electron chi connectivity index (χ1n) is 7.29. The molecule has 0 saturated carbocycles. The highest BCUT2D eigenvalue weighted by Crippen LogP contribution is 2.18. The van der Waals surface area contributed by atoms with Crippen LogP contribution in [-0.2, 0) is 4.79 Å². The van der Waals surface area contributed by atoms with Crippen LogP contribution in [0.1, 0.15) is 30.1 Å². The summed E-state index contributed by atoms with van der Waals surface area (Å²) in [4.78, 5) is 25.4. The van der Waals surface area contributed by atoms with Crippen molar-refractivity contribution in [3.05, 3.63) is 29.8 Å². The van der Waals surface area contributed by atoms with Crippen molar-refractivity contribution in [2.24, 2.45) is 0 Å². The quantitative estimate of drug-likeness (QED) is 0.806. The molecule has 2 rings (SSSR count). The molecule has 1 amide bonds. The monoisotopic (exact) mass is 290 g/mol. The zero-order chi connectivity index (χ0) is 15.2. The molecular formula is C16H22N2O3. The predicted octanol–water partition coefficient (Wildman–Crippen LogP) is 1.48. The Balaban J connectivity index is 1.91. The number of nitrogens with zero attached hydrogens (tertiary/aromatic N) is 1. The van der Waals surface area contributed by atoms with E-state index >= 15 is 0 Å². The lowest BCUT2D eigenvalue weighted by Crippen LogP contribution is -2.43. The number of hydrogen-bond donors (Lipinski definition) is 1. The van der Waals surface area contributed by atoms with E-state index in [9.17, 15) is 9.59 Å². The molecular weight excluding hydrogens is 268 g/mol. The van der Waals surface area contributed by atoms with Gasteiger partial charge in [0.05, 0.1) is 0 Å². The van der Waals surface area contributed by atoms with Gasteiger partial charge in [-0.3, -0.25) is 9.59 Å². The van der Waals surface area contributed by atoms with Gasteiger partial charge in [-0.1, -0.05) is 12.1 Å². The Kier molecular flexibility index (Phi) is 5.33. The van der Waals surface area contributed by atoms with Crippen LogP contribution in [0.2, 0.25) is 0 Å². The zero-order valence-electron chi connectivity index (χ0n) is 12.6. The molecule has 1 atom stereocenters. The van der Waals surface area contributed by atoms with Crippen molar-refractivity contribution < 1.29 is 14.3 Å². The fourth-order valence-corrected chi connectivity index (χ4v) is 2.64. The summed E-state index contributed by atoms with van der Waals surface area (Å²) in [5.41, 5.74) is 0.592. The van der Waals surface area contributed by atoms with Crippen LogP contribution in [0.15, 0.2) is 24.3 Å².